The molecule has 0 saturated carbocycles. The minimum Gasteiger partial charge on any atom is -0.375 e. The predicted octanol–water partition coefficient (Wildman–Crippen LogP) is 5.52. The van der Waals surface area contributed by atoms with Crippen molar-refractivity contribution < 1.29 is 36.2 Å². The largest absolute Gasteiger partial charge is 0.430 e. The summed E-state index contributed by atoms with van der Waals surface area (Å²) < 4.78 is 85.9. The summed E-state index contributed by atoms with van der Waals surface area (Å²) in [6, 6.07) is 5.38. The number of aliphatic hydroxyl groups is 1. The molecule has 1 N–H and O–H groups in total. The number of alkyl halides is 6. The van der Waals surface area contributed by atoms with Crippen LogP contribution in [-0.2, 0) is 16.9 Å². The minimum absolute atomic E-state index is 0.0960. The highest BCUT2D eigenvalue weighted by molar-refractivity contribution is 5.41. The van der Waals surface area contributed by atoms with Crippen LogP contribution < -0.4 is 0 Å². The van der Waals surface area contributed by atoms with Gasteiger partial charge in [-0.3, -0.25) is 4.57 Å². The third kappa shape index (κ3) is 5.24. The van der Waals surface area contributed by atoms with Crippen LogP contribution in [0.2, 0.25) is 0 Å². The lowest BCUT2D eigenvalue weighted by molar-refractivity contribution is -0.376. The van der Waals surface area contributed by atoms with E-state index >= 15 is 0 Å². The van der Waals surface area contributed by atoms with Gasteiger partial charge in [0, 0.05) is 30.2 Å². The van der Waals surface area contributed by atoms with E-state index in [4.69, 9.17) is 10.00 Å². The molecule has 2 aromatic rings. The lowest BCUT2D eigenvalue weighted by Crippen LogP contribution is -2.53. The molecule has 0 aliphatic rings. The van der Waals surface area contributed by atoms with Crippen LogP contribution in [0.5, 0.6) is 0 Å². The van der Waals surface area contributed by atoms with Gasteiger partial charge in [0.2, 0.25) is 0 Å². The number of hydrogen-bond acceptors (Lipinski definition) is 4. The van der Waals surface area contributed by atoms with E-state index in [1.165, 1.54) is 6.20 Å². The maximum absolute atomic E-state index is 13.1. The maximum Gasteiger partial charge on any atom is 0.430 e. The van der Waals surface area contributed by atoms with Gasteiger partial charge >= 0.3 is 12.4 Å². The second-order valence-electron chi connectivity index (χ2n) is 7.52. The van der Waals surface area contributed by atoms with Gasteiger partial charge in [0.1, 0.15) is 5.82 Å². The number of benzene rings is 1. The van der Waals surface area contributed by atoms with Crippen molar-refractivity contribution >= 4 is 0 Å². The van der Waals surface area contributed by atoms with E-state index < -0.39 is 23.5 Å². The summed E-state index contributed by atoms with van der Waals surface area (Å²) in [7, 11) is 0. The number of hydrogen-bond donors (Lipinski definition) is 1. The van der Waals surface area contributed by atoms with Crippen molar-refractivity contribution in [3.05, 3.63) is 47.5 Å². The van der Waals surface area contributed by atoms with Crippen molar-refractivity contribution in [1.29, 1.82) is 5.26 Å². The first-order valence-electron chi connectivity index (χ1n) is 9.82. The fraction of sp³-hybridized carbons (Fsp3) is 0.524. The van der Waals surface area contributed by atoms with Gasteiger partial charge < -0.3 is 9.84 Å². The molecule has 1 heterocycles. The van der Waals surface area contributed by atoms with Gasteiger partial charge in [-0.1, -0.05) is 26.0 Å². The summed E-state index contributed by atoms with van der Waals surface area (Å²) >= 11 is 0. The number of imidazole rings is 1. The number of aromatic nitrogens is 2. The monoisotopic (exact) mass is 463 g/mol. The Morgan fingerprint density at radius 3 is 2.16 bits per heavy atom. The fourth-order valence-corrected chi connectivity index (χ4v) is 3.14. The second kappa shape index (κ2) is 9.92. The van der Waals surface area contributed by atoms with Gasteiger partial charge in [0.15, 0.2) is 0 Å². The average molecular weight is 463 g/mol. The molecule has 0 atom stereocenters. The van der Waals surface area contributed by atoms with E-state index in [-0.39, 0.29) is 18.2 Å². The molecule has 0 radical (unpaired) electrons. The molecule has 0 amide bonds. The summed E-state index contributed by atoms with van der Waals surface area (Å²) in [4.78, 5) is 4.30. The molecule has 1 aromatic heterocycles. The first kappa shape index (κ1) is 25.7. The molecule has 0 bridgehead atoms. The third-order valence-corrected chi connectivity index (χ3v) is 4.82. The SMILES string of the molecule is CC(C)c1ncc(COCCCCC#N)n1-c1ccc(C(O)(C(F)(F)F)C(F)(F)F)cc1. The lowest BCUT2D eigenvalue weighted by Gasteiger charge is -2.32. The van der Waals surface area contributed by atoms with Crippen molar-refractivity contribution in [3.8, 4) is 11.8 Å². The number of nitrogens with zero attached hydrogens (tertiary/aromatic N) is 3. The molecule has 2 rings (SSSR count). The Morgan fingerprint density at radius 2 is 1.66 bits per heavy atom. The zero-order valence-electron chi connectivity index (χ0n) is 17.5. The number of rotatable bonds is 9. The van der Waals surface area contributed by atoms with Crippen LogP contribution in [0.3, 0.4) is 0 Å². The highest BCUT2D eigenvalue weighted by Crippen LogP contribution is 2.50. The van der Waals surface area contributed by atoms with Crippen molar-refractivity contribution in [2.45, 2.75) is 63.6 Å². The molecular formula is C21H23F6N3O2. The van der Waals surface area contributed by atoms with Crippen LogP contribution in [0.1, 0.15) is 56.1 Å². The van der Waals surface area contributed by atoms with Gasteiger partial charge in [-0.2, -0.15) is 31.6 Å². The number of nitriles is 1. The molecule has 1 aromatic carbocycles. The average Bonchev–Trinajstić information content (AvgIpc) is 3.12. The van der Waals surface area contributed by atoms with Crippen LogP contribution in [0.25, 0.3) is 5.69 Å². The number of ether oxygens (including phenoxy) is 1. The normalized spacial score (nSPS) is 12.9. The highest BCUT2D eigenvalue weighted by atomic mass is 19.4. The summed E-state index contributed by atoms with van der Waals surface area (Å²) in [6.45, 7) is 4.17. The van der Waals surface area contributed by atoms with E-state index in [9.17, 15) is 31.4 Å². The highest BCUT2D eigenvalue weighted by Gasteiger charge is 2.71. The standard InChI is InChI=1S/C21H23F6N3O2/c1-14(2)18-29-12-17(13-32-11-5-3-4-10-28)30(18)16-8-6-15(7-9-16)19(31,20(22,23)24)21(25,26)27/h6-9,12,14,31H,3-5,11,13H2,1-2H3. The van der Waals surface area contributed by atoms with Gasteiger partial charge in [-0.25, -0.2) is 4.98 Å². The van der Waals surface area contributed by atoms with Crippen LogP contribution in [-0.4, -0.2) is 33.6 Å². The van der Waals surface area contributed by atoms with Crippen molar-refractivity contribution in [2.75, 3.05) is 6.61 Å². The fourth-order valence-electron chi connectivity index (χ4n) is 3.14. The van der Waals surface area contributed by atoms with E-state index in [2.05, 4.69) is 4.98 Å². The molecule has 5 nitrogen and oxygen atoms in total. The summed E-state index contributed by atoms with van der Waals surface area (Å²) in [5, 5.41) is 18.1. The Hall–Kier alpha value is -2.58. The van der Waals surface area contributed by atoms with Gasteiger partial charge in [0.25, 0.3) is 5.60 Å². The Morgan fingerprint density at radius 1 is 1.06 bits per heavy atom. The Balaban J connectivity index is 2.35. The summed E-state index contributed by atoms with van der Waals surface area (Å²) in [5.41, 5.74) is -5.47. The zero-order chi connectivity index (χ0) is 24.2. The zero-order valence-corrected chi connectivity index (χ0v) is 17.5. The Labute approximate surface area is 181 Å². The van der Waals surface area contributed by atoms with Gasteiger partial charge in [-0.15, -0.1) is 0 Å². The Kier molecular flexibility index (Phi) is 7.96. The number of halogens is 6. The first-order valence-corrected chi connectivity index (χ1v) is 9.82. The Bertz CT molecular complexity index is 913. The van der Waals surface area contributed by atoms with Gasteiger partial charge in [0.05, 0.1) is 24.6 Å². The van der Waals surface area contributed by atoms with Crippen molar-refractivity contribution in [3.63, 3.8) is 0 Å². The molecule has 0 aliphatic heterocycles. The van der Waals surface area contributed by atoms with Crippen LogP contribution in [0.15, 0.2) is 30.5 Å². The topological polar surface area (TPSA) is 71.1 Å². The van der Waals surface area contributed by atoms with Crippen LogP contribution in [0, 0.1) is 11.3 Å². The van der Waals surface area contributed by atoms with E-state index in [0.717, 1.165) is 12.1 Å². The van der Waals surface area contributed by atoms with Crippen LogP contribution >= 0.6 is 0 Å². The molecule has 32 heavy (non-hydrogen) atoms. The molecule has 0 fully saturated rings. The molecule has 11 heteroatoms. The van der Waals surface area contributed by atoms with E-state index in [1.807, 2.05) is 19.9 Å². The first-order chi connectivity index (χ1) is 14.8. The molecule has 0 spiro atoms. The molecule has 0 saturated heterocycles. The predicted molar refractivity (Wildman–Crippen MR) is 103 cm³/mol. The van der Waals surface area contributed by atoms with Crippen molar-refractivity contribution in [2.24, 2.45) is 0 Å². The summed E-state index contributed by atoms with van der Waals surface area (Å²) in [6.07, 6.45) is -8.62. The quantitative estimate of drug-likeness (QED) is 0.393. The lowest BCUT2D eigenvalue weighted by atomic mass is 9.92. The van der Waals surface area contributed by atoms with Crippen molar-refractivity contribution in [1.82, 2.24) is 9.55 Å². The smallest absolute Gasteiger partial charge is 0.375 e. The summed E-state index contributed by atoms with van der Waals surface area (Å²) in [5.74, 6) is 0.448. The molecule has 0 aliphatic carbocycles. The van der Waals surface area contributed by atoms with E-state index in [0.29, 0.717) is 49.5 Å². The molecule has 176 valence electrons. The second-order valence-corrected chi connectivity index (χ2v) is 7.52. The third-order valence-electron chi connectivity index (χ3n) is 4.82. The van der Waals surface area contributed by atoms with E-state index in [1.54, 1.807) is 4.57 Å². The molecular weight excluding hydrogens is 440 g/mol. The maximum atomic E-state index is 13.1. The number of unbranched alkanes of at least 4 members (excludes halogenated alkanes) is 2. The van der Waals surface area contributed by atoms with Crippen LogP contribution in [0.4, 0.5) is 26.3 Å². The minimum atomic E-state index is -5.95. The van der Waals surface area contributed by atoms with Gasteiger partial charge in [-0.05, 0) is 25.0 Å². The molecule has 0 unspecified atom stereocenters.